The summed E-state index contributed by atoms with van der Waals surface area (Å²) in [6.07, 6.45) is 0. The number of amides is 1. The van der Waals surface area contributed by atoms with Crippen molar-refractivity contribution < 1.29 is 14.3 Å². The van der Waals surface area contributed by atoms with Crippen LogP contribution in [0.1, 0.15) is 22.8 Å². The summed E-state index contributed by atoms with van der Waals surface area (Å²) in [6.45, 7) is 2.54. The zero-order valence-corrected chi connectivity index (χ0v) is 18.4. The van der Waals surface area contributed by atoms with Gasteiger partial charge in [-0.05, 0) is 53.8 Å². The Balaban J connectivity index is 1.39. The molecule has 0 saturated heterocycles. The molecule has 0 aromatic heterocycles. The van der Waals surface area contributed by atoms with Gasteiger partial charge in [0.2, 0.25) is 5.91 Å². The Bertz CT molecular complexity index is 1350. The molecule has 0 saturated carbocycles. The van der Waals surface area contributed by atoms with Crippen LogP contribution in [0.25, 0.3) is 21.9 Å². The molecule has 0 radical (unpaired) electrons. The number of ether oxygens (including phenoxy) is 1. The molecule has 0 fully saturated rings. The second-order valence-corrected chi connectivity index (χ2v) is 8.53. The predicted molar refractivity (Wildman–Crippen MR) is 130 cm³/mol. The van der Waals surface area contributed by atoms with Gasteiger partial charge in [-0.2, -0.15) is 0 Å². The quantitative estimate of drug-likeness (QED) is 0.321. The number of benzene rings is 4. The maximum Gasteiger partial charge on any atom is 0.234 e. The molecule has 32 heavy (non-hydrogen) atoms. The Kier molecular flexibility index (Phi) is 5.41. The van der Waals surface area contributed by atoms with Gasteiger partial charge in [-0.1, -0.05) is 48.5 Å². The average Bonchev–Trinajstić information content (AvgIpc) is 2.83. The van der Waals surface area contributed by atoms with Gasteiger partial charge in [0, 0.05) is 27.1 Å². The van der Waals surface area contributed by atoms with Gasteiger partial charge in [0.1, 0.15) is 5.75 Å². The van der Waals surface area contributed by atoms with Crippen molar-refractivity contribution in [2.75, 3.05) is 17.7 Å². The number of ketones is 1. The Morgan fingerprint density at radius 1 is 0.844 bits per heavy atom. The fraction of sp³-hybridized carbons (Fsp3) is 0.111. The molecular weight excluding hydrogens is 418 g/mol. The van der Waals surface area contributed by atoms with E-state index < -0.39 is 0 Å². The molecule has 4 aromatic carbocycles. The maximum absolute atomic E-state index is 13.1. The highest BCUT2D eigenvalue weighted by atomic mass is 32.2. The largest absolute Gasteiger partial charge is 0.494 e. The number of carbonyl (C=O) groups excluding carboxylic acids is 2. The number of thioether (sulfide) groups is 1. The molecule has 1 amide bonds. The molecule has 1 aliphatic rings. The zero-order chi connectivity index (χ0) is 22.1. The normalized spacial score (nSPS) is 11.8. The van der Waals surface area contributed by atoms with Crippen molar-refractivity contribution in [1.29, 1.82) is 0 Å². The lowest BCUT2D eigenvalue weighted by Crippen LogP contribution is -2.14. The Hall–Kier alpha value is -3.57. The molecule has 1 aliphatic carbocycles. The van der Waals surface area contributed by atoms with Crippen molar-refractivity contribution in [3.05, 3.63) is 90.0 Å². The van der Waals surface area contributed by atoms with Crippen molar-refractivity contribution in [2.24, 2.45) is 0 Å². The van der Waals surface area contributed by atoms with Crippen molar-refractivity contribution in [1.82, 2.24) is 0 Å². The molecule has 0 aliphatic heterocycles. The number of hydrogen-bond acceptors (Lipinski definition) is 4. The van der Waals surface area contributed by atoms with E-state index in [0.717, 1.165) is 49.4 Å². The molecule has 5 rings (SSSR count). The minimum absolute atomic E-state index is 0.0501. The van der Waals surface area contributed by atoms with Crippen LogP contribution >= 0.6 is 11.8 Å². The van der Waals surface area contributed by atoms with Gasteiger partial charge in [0.05, 0.1) is 12.4 Å². The van der Waals surface area contributed by atoms with Crippen molar-refractivity contribution in [2.45, 2.75) is 11.8 Å². The van der Waals surface area contributed by atoms with Crippen LogP contribution in [0.5, 0.6) is 5.75 Å². The van der Waals surface area contributed by atoms with Gasteiger partial charge in [-0.3, -0.25) is 9.59 Å². The second-order valence-electron chi connectivity index (χ2n) is 7.51. The van der Waals surface area contributed by atoms with Gasteiger partial charge >= 0.3 is 0 Å². The topological polar surface area (TPSA) is 55.4 Å². The predicted octanol–water partition coefficient (Wildman–Crippen LogP) is 6.18. The number of hydrogen-bond donors (Lipinski definition) is 1. The summed E-state index contributed by atoms with van der Waals surface area (Å²) in [6, 6.07) is 25.0. The van der Waals surface area contributed by atoms with Crippen LogP contribution in [-0.2, 0) is 4.79 Å². The molecule has 4 aromatic rings. The molecule has 5 heteroatoms. The van der Waals surface area contributed by atoms with Crippen LogP contribution in [-0.4, -0.2) is 24.1 Å². The van der Waals surface area contributed by atoms with E-state index >= 15 is 0 Å². The monoisotopic (exact) mass is 439 g/mol. The van der Waals surface area contributed by atoms with Gasteiger partial charge in [0.15, 0.2) is 5.78 Å². The average molecular weight is 440 g/mol. The molecule has 0 heterocycles. The summed E-state index contributed by atoms with van der Waals surface area (Å²) in [4.78, 5) is 26.6. The lowest BCUT2D eigenvalue weighted by Gasteiger charge is -2.21. The highest BCUT2D eigenvalue weighted by Gasteiger charge is 2.25. The number of nitrogens with one attached hydrogen (secondary N) is 1. The third-order valence-corrected chi connectivity index (χ3v) is 6.59. The first-order valence-corrected chi connectivity index (χ1v) is 11.5. The fourth-order valence-electron chi connectivity index (χ4n) is 4.12. The first-order chi connectivity index (χ1) is 15.7. The zero-order valence-electron chi connectivity index (χ0n) is 17.6. The van der Waals surface area contributed by atoms with E-state index in [0.29, 0.717) is 6.61 Å². The lowest BCUT2D eigenvalue weighted by molar-refractivity contribution is -0.113. The van der Waals surface area contributed by atoms with Crippen molar-refractivity contribution in [3.63, 3.8) is 0 Å². The van der Waals surface area contributed by atoms with Gasteiger partial charge in [-0.15, -0.1) is 11.8 Å². The van der Waals surface area contributed by atoms with E-state index in [1.807, 2.05) is 79.7 Å². The molecule has 0 atom stereocenters. The molecule has 0 bridgehead atoms. The number of anilines is 1. The van der Waals surface area contributed by atoms with Crippen LogP contribution in [0, 0.1) is 0 Å². The van der Waals surface area contributed by atoms with Crippen LogP contribution in [0.3, 0.4) is 0 Å². The van der Waals surface area contributed by atoms with E-state index in [9.17, 15) is 9.59 Å². The number of carbonyl (C=O) groups is 2. The number of rotatable bonds is 6. The summed E-state index contributed by atoms with van der Waals surface area (Å²) < 4.78 is 5.43. The lowest BCUT2D eigenvalue weighted by atomic mass is 9.83. The summed E-state index contributed by atoms with van der Waals surface area (Å²) >= 11 is 1.48. The van der Waals surface area contributed by atoms with Gasteiger partial charge in [0.25, 0.3) is 0 Å². The van der Waals surface area contributed by atoms with E-state index in [1.54, 1.807) is 0 Å². The van der Waals surface area contributed by atoms with Crippen LogP contribution in [0.4, 0.5) is 5.69 Å². The van der Waals surface area contributed by atoms with E-state index in [2.05, 4.69) is 11.4 Å². The maximum atomic E-state index is 13.1. The Morgan fingerprint density at radius 3 is 2.38 bits per heavy atom. The first-order valence-electron chi connectivity index (χ1n) is 10.5. The van der Waals surface area contributed by atoms with E-state index in [4.69, 9.17) is 4.74 Å². The summed E-state index contributed by atoms with van der Waals surface area (Å²) in [7, 11) is 0. The van der Waals surface area contributed by atoms with Gasteiger partial charge < -0.3 is 10.1 Å². The Morgan fingerprint density at radius 2 is 1.59 bits per heavy atom. The SMILES string of the molecule is CCOc1ccc(NC(=O)CSc2ccc3c4c(cccc24)C(=O)c2ccccc2-3)cc1. The molecule has 0 unspecified atom stereocenters. The summed E-state index contributed by atoms with van der Waals surface area (Å²) in [5, 5.41) is 4.89. The van der Waals surface area contributed by atoms with Crippen LogP contribution < -0.4 is 10.1 Å². The first kappa shape index (κ1) is 20.3. The third kappa shape index (κ3) is 3.65. The third-order valence-electron chi connectivity index (χ3n) is 5.51. The molecule has 1 N–H and O–H groups in total. The second kappa shape index (κ2) is 8.52. The molecule has 0 spiro atoms. The molecular formula is C27H21NO3S. The van der Waals surface area contributed by atoms with Gasteiger partial charge in [-0.25, -0.2) is 0 Å². The highest BCUT2D eigenvalue weighted by molar-refractivity contribution is 8.00. The fourth-order valence-corrected chi connectivity index (χ4v) is 4.97. The van der Waals surface area contributed by atoms with Crippen molar-refractivity contribution >= 4 is 39.9 Å². The van der Waals surface area contributed by atoms with Crippen molar-refractivity contribution in [3.8, 4) is 16.9 Å². The molecule has 4 nitrogen and oxygen atoms in total. The summed E-state index contributed by atoms with van der Waals surface area (Å²) in [5.41, 5.74) is 4.22. The van der Waals surface area contributed by atoms with Crippen LogP contribution in [0.15, 0.2) is 83.8 Å². The number of fused-ring (bicyclic) bond motifs is 2. The van der Waals surface area contributed by atoms with E-state index in [1.165, 1.54) is 11.8 Å². The van der Waals surface area contributed by atoms with E-state index in [-0.39, 0.29) is 17.4 Å². The van der Waals surface area contributed by atoms with Crippen LogP contribution in [0.2, 0.25) is 0 Å². The smallest absolute Gasteiger partial charge is 0.234 e. The minimum Gasteiger partial charge on any atom is -0.494 e. The molecule has 158 valence electrons. The summed E-state index contributed by atoms with van der Waals surface area (Å²) in [5.74, 6) is 1.02. The Labute approximate surface area is 190 Å². The minimum atomic E-state index is -0.0824. The highest BCUT2D eigenvalue weighted by Crippen LogP contribution is 2.42. The standard InChI is InChI=1S/C27H21NO3S/c1-2-31-18-12-10-17(11-13-18)28-25(29)16-32-24-15-14-20-19-6-3-4-7-21(19)27(30)23-9-5-8-22(24)26(20)23/h3-15H,2,16H2,1H3,(H,28,29).